The highest BCUT2D eigenvalue weighted by Gasteiger charge is 2.38. The van der Waals surface area contributed by atoms with Crippen LogP contribution in [0.25, 0.3) is 0 Å². The van der Waals surface area contributed by atoms with Crippen molar-refractivity contribution >= 4 is 21.6 Å². The van der Waals surface area contributed by atoms with Crippen LogP contribution in [0.15, 0.2) is 23.1 Å². The third kappa shape index (κ3) is 3.05. The number of anilines is 1. The predicted octanol–water partition coefficient (Wildman–Crippen LogP) is 0.446. The number of sulfonamides is 1. The molecule has 1 aromatic carbocycles. The molecule has 0 radical (unpaired) electrons. The van der Waals surface area contributed by atoms with Crippen LogP contribution in [0.1, 0.15) is 30.1 Å². The van der Waals surface area contributed by atoms with Crippen LogP contribution in [0.4, 0.5) is 5.69 Å². The maximum absolute atomic E-state index is 12.1. The molecule has 0 heterocycles. The third-order valence-electron chi connectivity index (χ3n) is 3.38. The lowest BCUT2D eigenvalue weighted by molar-refractivity contribution is 0.1000. The zero-order chi connectivity index (χ0) is 14.3. The van der Waals surface area contributed by atoms with Gasteiger partial charge in [0.1, 0.15) is 4.90 Å². The molecule has 0 saturated heterocycles. The van der Waals surface area contributed by atoms with E-state index in [0.29, 0.717) is 6.54 Å². The molecule has 1 saturated carbocycles. The second kappa shape index (κ2) is 4.50. The van der Waals surface area contributed by atoms with Crippen molar-refractivity contribution in [2.75, 3.05) is 12.3 Å². The number of nitrogens with two attached hydrogens (primary N) is 2. The number of amides is 1. The first-order valence-corrected chi connectivity index (χ1v) is 7.41. The Balaban J connectivity index is 2.22. The van der Waals surface area contributed by atoms with E-state index in [1.807, 2.05) is 6.92 Å². The Morgan fingerprint density at radius 2 is 2.05 bits per heavy atom. The Hall–Kier alpha value is -1.60. The van der Waals surface area contributed by atoms with Gasteiger partial charge in [-0.15, -0.1) is 0 Å². The van der Waals surface area contributed by atoms with Gasteiger partial charge in [0.2, 0.25) is 15.9 Å². The smallest absolute Gasteiger partial charge is 0.248 e. The lowest BCUT2D eigenvalue weighted by atomic mass is 10.2. The van der Waals surface area contributed by atoms with Crippen LogP contribution in [0.3, 0.4) is 0 Å². The van der Waals surface area contributed by atoms with E-state index in [0.717, 1.165) is 12.8 Å². The summed E-state index contributed by atoms with van der Waals surface area (Å²) in [5.41, 5.74) is 11.0. The van der Waals surface area contributed by atoms with Crippen molar-refractivity contribution in [1.29, 1.82) is 0 Å². The molecule has 6 nitrogen and oxygen atoms in total. The first-order valence-electron chi connectivity index (χ1n) is 5.93. The van der Waals surface area contributed by atoms with Crippen molar-refractivity contribution in [1.82, 2.24) is 4.72 Å². The van der Waals surface area contributed by atoms with Crippen LogP contribution in [-0.4, -0.2) is 20.9 Å². The Morgan fingerprint density at radius 1 is 1.42 bits per heavy atom. The number of carbonyl (C=O) groups excluding carboxylic acids is 1. The fourth-order valence-corrected chi connectivity index (χ4v) is 2.99. The molecular formula is C12H17N3O3S. The molecule has 2 rings (SSSR count). The maximum atomic E-state index is 12.1. The second-order valence-corrected chi connectivity index (χ2v) is 6.99. The van der Waals surface area contributed by atoms with Crippen LogP contribution >= 0.6 is 0 Å². The quantitative estimate of drug-likeness (QED) is 0.680. The molecule has 0 unspecified atom stereocenters. The van der Waals surface area contributed by atoms with Gasteiger partial charge >= 0.3 is 0 Å². The molecule has 19 heavy (non-hydrogen) atoms. The molecule has 0 atom stereocenters. The molecular weight excluding hydrogens is 266 g/mol. The van der Waals surface area contributed by atoms with E-state index >= 15 is 0 Å². The summed E-state index contributed by atoms with van der Waals surface area (Å²) in [5, 5.41) is 0. The van der Waals surface area contributed by atoms with Crippen LogP contribution < -0.4 is 16.2 Å². The Morgan fingerprint density at radius 3 is 2.53 bits per heavy atom. The molecule has 0 bridgehead atoms. The van der Waals surface area contributed by atoms with Gasteiger partial charge in [-0.2, -0.15) is 0 Å². The number of carbonyl (C=O) groups is 1. The van der Waals surface area contributed by atoms with E-state index in [4.69, 9.17) is 11.5 Å². The summed E-state index contributed by atoms with van der Waals surface area (Å²) in [6, 6.07) is 3.93. The van der Waals surface area contributed by atoms with Crippen LogP contribution in [-0.2, 0) is 10.0 Å². The molecule has 0 aromatic heterocycles. The molecule has 1 aliphatic carbocycles. The predicted molar refractivity (Wildman–Crippen MR) is 71.9 cm³/mol. The molecule has 1 amide bonds. The number of nitrogens with one attached hydrogen (secondary N) is 1. The largest absolute Gasteiger partial charge is 0.398 e. The summed E-state index contributed by atoms with van der Waals surface area (Å²) in [7, 11) is -3.65. The zero-order valence-electron chi connectivity index (χ0n) is 10.6. The molecule has 104 valence electrons. The van der Waals surface area contributed by atoms with Crippen molar-refractivity contribution in [2.45, 2.75) is 24.7 Å². The number of hydrogen-bond acceptors (Lipinski definition) is 4. The Labute approximate surface area is 112 Å². The van der Waals surface area contributed by atoms with Gasteiger partial charge in [0.15, 0.2) is 0 Å². The first-order chi connectivity index (χ1) is 8.73. The minimum absolute atomic E-state index is 0.0183. The van der Waals surface area contributed by atoms with Gasteiger partial charge < -0.3 is 11.5 Å². The topological polar surface area (TPSA) is 115 Å². The number of primary amides is 1. The lowest BCUT2D eigenvalue weighted by Gasteiger charge is -2.12. The molecule has 7 heteroatoms. The number of hydrogen-bond donors (Lipinski definition) is 3. The zero-order valence-corrected chi connectivity index (χ0v) is 11.5. The highest BCUT2D eigenvalue weighted by atomic mass is 32.2. The van der Waals surface area contributed by atoms with Crippen molar-refractivity contribution < 1.29 is 13.2 Å². The summed E-state index contributed by atoms with van der Waals surface area (Å²) < 4.78 is 26.7. The summed E-state index contributed by atoms with van der Waals surface area (Å²) >= 11 is 0. The maximum Gasteiger partial charge on any atom is 0.248 e. The van der Waals surface area contributed by atoms with Gasteiger partial charge in [-0.1, -0.05) is 6.92 Å². The standard InChI is InChI=1S/C12H17N3O3S/c1-12(4-5-12)7-15-19(17,18)10-3-2-8(11(14)16)6-9(10)13/h2-3,6,15H,4-5,7,13H2,1H3,(H2,14,16). The summed E-state index contributed by atoms with van der Waals surface area (Å²) in [5.74, 6) is -0.644. The van der Waals surface area contributed by atoms with Gasteiger partial charge in [-0.25, -0.2) is 13.1 Å². The fraction of sp³-hybridized carbons (Fsp3) is 0.417. The van der Waals surface area contributed by atoms with Gasteiger partial charge in [0.05, 0.1) is 5.69 Å². The van der Waals surface area contributed by atoms with E-state index in [1.54, 1.807) is 0 Å². The van der Waals surface area contributed by atoms with Gasteiger partial charge in [0, 0.05) is 12.1 Å². The highest BCUT2D eigenvalue weighted by Crippen LogP contribution is 2.44. The third-order valence-corrected chi connectivity index (χ3v) is 4.85. The van der Waals surface area contributed by atoms with E-state index in [-0.39, 0.29) is 21.6 Å². The second-order valence-electron chi connectivity index (χ2n) is 5.25. The summed E-state index contributed by atoms with van der Waals surface area (Å²) in [6.07, 6.45) is 2.04. The Bertz CT molecular complexity index is 621. The lowest BCUT2D eigenvalue weighted by Crippen LogP contribution is -2.29. The molecule has 1 fully saturated rings. The van der Waals surface area contributed by atoms with Crippen molar-refractivity contribution in [2.24, 2.45) is 11.1 Å². The molecule has 0 spiro atoms. The van der Waals surface area contributed by atoms with Crippen molar-refractivity contribution in [3.8, 4) is 0 Å². The monoisotopic (exact) mass is 283 g/mol. The van der Waals surface area contributed by atoms with E-state index in [9.17, 15) is 13.2 Å². The summed E-state index contributed by atoms with van der Waals surface area (Å²) in [4.78, 5) is 11.0. The SMILES string of the molecule is CC1(CNS(=O)(=O)c2ccc(C(N)=O)cc2N)CC1. The average molecular weight is 283 g/mol. The Kier molecular flexibility index (Phi) is 3.27. The number of benzene rings is 1. The minimum Gasteiger partial charge on any atom is -0.398 e. The van der Waals surface area contributed by atoms with Gasteiger partial charge in [-0.05, 0) is 36.5 Å². The van der Waals surface area contributed by atoms with Crippen LogP contribution in [0, 0.1) is 5.41 Å². The minimum atomic E-state index is -3.65. The van der Waals surface area contributed by atoms with E-state index < -0.39 is 15.9 Å². The normalized spacial score (nSPS) is 17.1. The van der Waals surface area contributed by atoms with Crippen LogP contribution in [0.2, 0.25) is 0 Å². The van der Waals surface area contributed by atoms with E-state index in [2.05, 4.69) is 4.72 Å². The number of rotatable bonds is 5. The fourth-order valence-electron chi connectivity index (χ4n) is 1.68. The average Bonchev–Trinajstić information content (AvgIpc) is 3.05. The van der Waals surface area contributed by atoms with Gasteiger partial charge in [0.25, 0.3) is 0 Å². The molecule has 5 N–H and O–H groups in total. The highest BCUT2D eigenvalue weighted by molar-refractivity contribution is 7.89. The van der Waals surface area contributed by atoms with E-state index in [1.165, 1.54) is 18.2 Å². The van der Waals surface area contributed by atoms with Crippen molar-refractivity contribution in [3.63, 3.8) is 0 Å². The van der Waals surface area contributed by atoms with Crippen LogP contribution in [0.5, 0.6) is 0 Å². The molecule has 0 aliphatic heterocycles. The number of nitrogen functional groups attached to an aromatic ring is 1. The molecule has 1 aliphatic rings. The summed E-state index contributed by atoms with van der Waals surface area (Å²) in [6.45, 7) is 2.42. The van der Waals surface area contributed by atoms with Crippen molar-refractivity contribution in [3.05, 3.63) is 23.8 Å². The van der Waals surface area contributed by atoms with Gasteiger partial charge in [-0.3, -0.25) is 4.79 Å². The molecule has 1 aromatic rings. The first kappa shape index (κ1) is 13.8.